The summed E-state index contributed by atoms with van der Waals surface area (Å²) < 4.78 is 180. The second-order valence-corrected chi connectivity index (χ2v) is 34.3. The Bertz CT molecular complexity index is 4690. The molecule has 1 aromatic carbocycles. The predicted molar refractivity (Wildman–Crippen MR) is 452 cm³/mol. The van der Waals surface area contributed by atoms with Crippen molar-refractivity contribution in [2.45, 2.75) is 331 Å². The van der Waals surface area contributed by atoms with Crippen LogP contribution in [0, 0.1) is 5.41 Å². The zero-order chi connectivity index (χ0) is 105. The van der Waals surface area contributed by atoms with Crippen LogP contribution in [0.5, 0.6) is 0 Å². The maximum absolute atomic E-state index is 15.5. The summed E-state index contributed by atoms with van der Waals surface area (Å²) in [4.78, 5) is 274. The Balaban J connectivity index is 1.61. The fourth-order valence-corrected chi connectivity index (χ4v) is 15.7. The zero-order valence-corrected chi connectivity index (χ0v) is 81.8. The molecule has 0 saturated carbocycles. The molecule has 0 aliphatic carbocycles. The lowest BCUT2D eigenvalue weighted by Crippen LogP contribution is -2.73. The molecule has 7 rings (SSSR count). The van der Waals surface area contributed by atoms with Crippen molar-refractivity contribution in [2.24, 2.45) is 0 Å². The van der Waals surface area contributed by atoms with Gasteiger partial charge in [-0.2, -0.15) is 0 Å². The summed E-state index contributed by atoms with van der Waals surface area (Å²) >= 11 is 18.3. The number of hydrogen-bond donors (Lipinski definition) is 3. The van der Waals surface area contributed by atoms with Crippen LogP contribution in [0.4, 0.5) is 0 Å². The Kier molecular flexibility index (Phi) is 43.4. The fraction of sp³-hybridized carbons (Fsp3) is 0.682. The number of rotatable bonds is 39. The summed E-state index contributed by atoms with van der Waals surface area (Å²) in [5.74, 6) is -29.2. The highest BCUT2D eigenvalue weighted by Crippen LogP contribution is 2.46. The average Bonchev–Trinajstić information content (AvgIpc) is 0.738. The van der Waals surface area contributed by atoms with Crippen LogP contribution in [0.15, 0.2) is 30.3 Å². The van der Waals surface area contributed by atoms with E-state index in [-0.39, 0.29) is 5.56 Å². The van der Waals surface area contributed by atoms with Crippen molar-refractivity contribution in [2.75, 3.05) is 40.1 Å². The van der Waals surface area contributed by atoms with Crippen LogP contribution in [0.2, 0.25) is 0 Å². The van der Waals surface area contributed by atoms with Gasteiger partial charge in [-0.1, -0.05) is 53.0 Å². The number of benzene rings is 1. The van der Waals surface area contributed by atoms with Crippen molar-refractivity contribution >= 4 is 160 Å². The number of halogens is 3. The third-order valence-electron chi connectivity index (χ3n) is 20.5. The minimum Gasteiger partial charge on any atom is -0.465 e. The monoisotopic (exact) mass is 2080 g/mol. The van der Waals surface area contributed by atoms with Crippen molar-refractivity contribution < 1.29 is 238 Å². The topological polar surface area (TPSA) is 666 Å². The van der Waals surface area contributed by atoms with Crippen LogP contribution in [0.1, 0.15) is 148 Å². The van der Waals surface area contributed by atoms with Gasteiger partial charge < -0.3 is 153 Å². The summed E-state index contributed by atoms with van der Waals surface area (Å²) in [6.07, 6.45) is -65.5. The van der Waals surface area contributed by atoms with Crippen molar-refractivity contribution in [3.63, 3.8) is 0 Å². The first-order valence-corrected chi connectivity index (χ1v) is 44.1. The van der Waals surface area contributed by atoms with Gasteiger partial charge in [-0.25, -0.2) is 9.59 Å². The molecule has 31 atom stereocenters. The molecule has 6 heterocycles. The molecule has 6 aliphatic heterocycles. The van der Waals surface area contributed by atoms with Crippen LogP contribution < -0.4 is 10.6 Å². The Morgan fingerprint density at radius 3 is 1.16 bits per heavy atom. The zero-order valence-electron chi connectivity index (χ0n) is 79.5. The van der Waals surface area contributed by atoms with E-state index >= 15 is 4.79 Å². The molecule has 56 heteroatoms. The minimum absolute atomic E-state index is 0.208. The number of amides is 2. The summed E-state index contributed by atoms with van der Waals surface area (Å²) in [5.41, 5.74) is -0.208. The van der Waals surface area contributed by atoms with E-state index in [0.717, 1.165) is 132 Å². The smallest absolute Gasteiger partial charge is 0.366 e. The Morgan fingerprint density at radius 1 is 0.376 bits per heavy atom. The number of nitrogens with one attached hydrogen (secondary N) is 3. The van der Waals surface area contributed by atoms with Crippen molar-refractivity contribution in [1.82, 2.24) is 10.6 Å². The van der Waals surface area contributed by atoms with Gasteiger partial charge in [-0.05, 0) is 19.1 Å². The predicted octanol–water partition coefficient (Wildman–Crippen LogP) is -0.122. The van der Waals surface area contributed by atoms with Gasteiger partial charge in [0.25, 0.3) is 9.58 Å². The van der Waals surface area contributed by atoms with E-state index in [0.29, 0.717) is 0 Å². The van der Waals surface area contributed by atoms with E-state index < -0.39 is 358 Å². The number of esters is 18. The van der Waals surface area contributed by atoms with Crippen LogP contribution in [-0.2, 0) is 233 Å². The highest BCUT2D eigenvalue weighted by atomic mass is 35.6. The van der Waals surface area contributed by atoms with Crippen molar-refractivity contribution in [3.05, 3.63) is 35.9 Å². The van der Waals surface area contributed by atoms with Gasteiger partial charge >= 0.3 is 107 Å². The van der Waals surface area contributed by atoms with Gasteiger partial charge in [0.15, 0.2) is 86.2 Å². The van der Waals surface area contributed by atoms with E-state index in [1.807, 2.05) is 0 Å². The maximum Gasteiger partial charge on any atom is 0.366 e. The molecule has 786 valence electrons. The van der Waals surface area contributed by atoms with Crippen LogP contribution in [0.3, 0.4) is 0 Å². The summed E-state index contributed by atoms with van der Waals surface area (Å²) in [7, 11) is 0.721. The molecule has 141 heavy (non-hydrogen) atoms. The Labute approximate surface area is 818 Å². The number of carbonyl (C=O) groups is 20. The van der Waals surface area contributed by atoms with Gasteiger partial charge in [0.1, 0.15) is 106 Å². The van der Waals surface area contributed by atoms with E-state index in [4.69, 9.17) is 182 Å². The number of methoxy groups -OCH3 is 1. The van der Waals surface area contributed by atoms with Gasteiger partial charge in [0, 0.05) is 125 Å². The standard InChI is InChI=1S/C85H110Cl3N3O50/c1-32-60(121-42(11)101)68(125-46(15)105)72(127-48(17)107)78(118-32)137-66-59(91-34(3)93)77(138-70-63(123-44(13)103)55(29-115-37(6)96)131-79(73(70)128-49(18)108)136-64-56(30-116-38(7)97)133-81(139-82(89)85(86,87)88)74(69(64)126-47(16)106)134-76(110)51-24-22-21-23-25-51)130-54(28-114-36(5)95)61(66)135-80-75(129-50(19)109)71(65(124-45(14)104)57(132-80)31-117-39(8)98)141-84(83(111)112-20)26-52(119-40(9)99)58(90-33(2)92)67(140-84)62(122-43(12)102)53(120-41(10)100)27-113-35(4)94/h21-25,32,52-75,77-81,89H,26-31H2,1-20H3,(H,90,92)(H,91,93)/t32-,52-,53+,54+,55+,56+,57+,58+,59+,60+,61+,62+,63-,64+,65-,66+,67+,68+,69-,70-,71-,72-,73+,74+,75+,77-,78-,79-,80-,81-,84-/m0/s1. The maximum atomic E-state index is 15.5. The first-order valence-electron chi connectivity index (χ1n) is 42.9. The first kappa shape index (κ1) is 116. The molecular formula is C85H110Cl3N3O50. The molecular weight excluding hydrogens is 1970 g/mol. The second kappa shape index (κ2) is 52.5. The van der Waals surface area contributed by atoms with Crippen LogP contribution in [-0.4, -0.2) is 359 Å². The number of carbonyl (C=O) groups excluding carboxylic acids is 20. The number of ether oxygens (including phenoxy) is 30. The highest BCUT2D eigenvalue weighted by molar-refractivity contribution is 6.76. The van der Waals surface area contributed by atoms with Crippen molar-refractivity contribution in [1.29, 1.82) is 5.41 Å². The van der Waals surface area contributed by atoms with E-state index in [2.05, 4.69) is 10.6 Å². The summed E-state index contributed by atoms with van der Waals surface area (Å²) in [6.45, 7) is 10.9. The van der Waals surface area contributed by atoms with Gasteiger partial charge in [0.05, 0.1) is 31.2 Å². The van der Waals surface area contributed by atoms with Crippen molar-refractivity contribution in [3.8, 4) is 0 Å². The Morgan fingerprint density at radius 2 is 0.730 bits per heavy atom. The largest absolute Gasteiger partial charge is 0.465 e. The molecule has 1 aromatic rings. The molecule has 53 nitrogen and oxygen atoms in total. The van der Waals surface area contributed by atoms with Gasteiger partial charge in [-0.15, -0.1) is 0 Å². The van der Waals surface area contributed by atoms with Gasteiger partial charge in [-0.3, -0.25) is 91.7 Å². The normalized spacial score (nSPS) is 31.0. The highest BCUT2D eigenvalue weighted by Gasteiger charge is 2.67. The lowest BCUT2D eigenvalue weighted by atomic mass is 9.87. The van der Waals surface area contributed by atoms with Crippen LogP contribution >= 0.6 is 34.8 Å². The third kappa shape index (κ3) is 33.9. The molecule has 0 bridgehead atoms. The lowest BCUT2D eigenvalue weighted by molar-refractivity contribution is -0.399. The molecule has 2 amide bonds. The molecule has 0 radical (unpaired) electrons. The lowest BCUT2D eigenvalue weighted by Gasteiger charge is -2.53. The molecule has 6 fully saturated rings. The van der Waals surface area contributed by atoms with Crippen LogP contribution in [0.25, 0.3) is 0 Å². The molecule has 3 N–H and O–H groups in total. The molecule has 0 spiro atoms. The average molecular weight is 2080 g/mol. The SMILES string of the molecule is COC(=O)[C@@]1(O[C@H]2[C@@H](OC(C)=O)[C@@H](COC(C)=O)O[C@@H](O[C@H]3[C@H](O[C@@H]4O[C@@H](C)[C@@H](OC(C)=O)[C@@H](OC(C)=O)[C@@H]4OC(C)=O)[C@@H](NC(C)=O)[C@H](O[C@H]4[C@@H](OC(C)=O)[C@@H](COC(C)=O)O[C@@H](O[C@H]5[C@H](OC(C)=O)[C@@H](OC(=O)c6ccccc6)[C@H](OC(=N)C(Cl)(Cl)Cl)O[C@@H]5COC(C)=O)[C@@H]4OC(C)=O)O[C@@H]3COC(C)=O)[C@@H]2OC(C)=O)C[C@H](OC(C)=O)[C@@H](NC(C)=O)[C@H]([C@H](OC(C)=O)[C@@H](COC(C)=O)OC(C)=O)O1. The third-order valence-corrected chi connectivity index (χ3v) is 21.0. The number of alkyl halides is 3. The van der Waals surface area contributed by atoms with E-state index in [1.165, 1.54) is 37.3 Å². The minimum atomic E-state index is -3.47. The summed E-state index contributed by atoms with van der Waals surface area (Å²) in [6, 6.07) is 2.51. The Hall–Kier alpha value is -11.5. The quantitative estimate of drug-likeness (QED) is 0.0254. The first-order chi connectivity index (χ1) is 65.9. The number of hydrogen-bond acceptors (Lipinski definition) is 51. The molecule has 6 aliphatic rings. The molecule has 0 unspecified atom stereocenters. The van der Waals surface area contributed by atoms with E-state index in [1.54, 1.807) is 0 Å². The fourth-order valence-electron chi connectivity index (χ4n) is 15.6. The summed E-state index contributed by atoms with van der Waals surface area (Å²) in [5, 5.41) is 13.7. The molecule has 6 saturated heterocycles. The van der Waals surface area contributed by atoms with Gasteiger partial charge in [0.2, 0.25) is 30.1 Å². The van der Waals surface area contributed by atoms with E-state index in [9.17, 15) is 91.1 Å². The molecule has 0 aromatic heterocycles. The second-order valence-electron chi connectivity index (χ2n) is 32.0.